The van der Waals surface area contributed by atoms with E-state index in [9.17, 15) is 126 Å². The number of unbranched alkanes of at least 4 members (excludes halogenated alkanes) is 1. The third-order valence-corrected chi connectivity index (χ3v) is 18.3. The number of carbonyl (C=O) groups excluding carboxylic acids is 17. The van der Waals surface area contributed by atoms with Crippen molar-refractivity contribution in [1.82, 2.24) is 74.0 Å². The Morgan fingerprint density at radius 2 is 0.922 bits per heavy atom. The van der Waals surface area contributed by atoms with Gasteiger partial charge in [-0.2, -0.15) is 12.6 Å². The zero-order valence-corrected chi connectivity index (χ0v) is 65.3. The van der Waals surface area contributed by atoms with Crippen molar-refractivity contribution < 1.29 is 131 Å². The Kier molecular flexibility index (Phi) is 43.5. The van der Waals surface area contributed by atoms with E-state index < -0.39 is 292 Å². The third kappa shape index (κ3) is 36.1. The molecule has 0 radical (unpaired) electrons. The molecule has 1 aliphatic rings. The van der Waals surface area contributed by atoms with Crippen LogP contribution in [0.5, 0.6) is 5.75 Å². The van der Waals surface area contributed by atoms with E-state index >= 15 is 0 Å². The van der Waals surface area contributed by atoms with Gasteiger partial charge in [-0.15, -0.1) is 0 Å². The number of aliphatic hydroxyl groups is 1. The number of aromatic hydroxyl groups is 1. The zero-order chi connectivity index (χ0) is 88.0. The summed E-state index contributed by atoms with van der Waals surface area (Å²) in [6, 6.07) is -17.1. The lowest BCUT2D eigenvalue weighted by molar-refractivity contribution is -0.148. The molecule has 116 heavy (non-hydrogen) atoms. The van der Waals surface area contributed by atoms with Crippen LogP contribution in [-0.2, 0) is 107 Å². The molecule has 0 unspecified atom stereocenters. The van der Waals surface area contributed by atoms with Crippen LogP contribution in [0.25, 0.3) is 0 Å². The summed E-state index contributed by atoms with van der Waals surface area (Å²) in [7, 11) is 0. The number of phenolic OH excluding ortho intramolecular Hbond substituents is 1. The molecule has 0 saturated carbocycles. The highest BCUT2D eigenvalue weighted by molar-refractivity contribution is 7.80. The number of nitrogens with zero attached hydrogens (tertiary/aromatic N) is 1. The topological polar surface area (TPSA) is 770 Å². The van der Waals surface area contributed by atoms with Crippen molar-refractivity contribution >= 4 is 137 Å². The second-order valence-electron chi connectivity index (χ2n) is 27.7. The molecular weight excluding hydrogens is 1560 g/mol. The van der Waals surface area contributed by atoms with Crippen molar-refractivity contribution in [2.24, 2.45) is 40.5 Å². The van der Waals surface area contributed by atoms with E-state index in [2.05, 4.69) is 76.4 Å². The Morgan fingerprint density at radius 3 is 1.41 bits per heavy atom. The van der Waals surface area contributed by atoms with Crippen LogP contribution in [-0.4, -0.2) is 276 Å². The molecule has 2 rings (SSSR count). The Hall–Kier alpha value is -11.9. The second-order valence-corrected chi connectivity index (χ2v) is 28.0. The van der Waals surface area contributed by atoms with Crippen molar-refractivity contribution in [3.8, 4) is 5.75 Å². The molecule has 1 aromatic rings. The summed E-state index contributed by atoms with van der Waals surface area (Å²) in [5.41, 5.74) is 27.7. The van der Waals surface area contributed by atoms with Gasteiger partial charge < -0.3 is 133 Å². The normalized spacial score (nSPS) is 15.9. The number of likely N-dealkylation sites (tertiary alicyclic amines) is 1. The van der Waals surface area contributed by atoms with Crippen molar-refractivity contribution in [1.29, 1.82) is 0 Å². The fourth-order valence-corrected chi connectivity index (χ4v) is 11.5. The van der Waals surface area contributed by atoms with Gasteiger partial charge in [0, 0.05) is 38.0 Å². The van der Waals surface area contributed by atoms with Crippen LogP contribution in [0, 0.1) is 11.8 Å². The van der Waals surface area contributed by atoms with Crippen LogP contribution in [0.2, 0.25) is 0 Å². The van der Waals surface area contributed by atoms with E-state index in [4.69, 9.17) is 33.8 Å². The third-order valence-electron chi connectivity index (χ3n) is 17.9. The van der Waals surface area contributed by atoms with Crippen molar-refractivity contribution in [3.05, 3.63) is 29.8 Å². The number of hydrogen-bond donors (Lipinski definition) is 25. The molecule has 1 fully saturated rings. The monoisotopic (exact) mass is 1670 g/mol. The summed E-state index contributed by atoms with van der Waals surface area (Å²) < 4.78 is 0. The fourth-order valence-electron chi connectivity index (χ4n) is 11.3. The van der Waals surface area contributed by atoms with E-state index in [-0.39, 0.29) is 75.1 Å². The minimum atomic E-state index is -2.09. The van der Waals surface area contributed by atoms with Crippen molar-refractivity contribution in [3.63, 3.8) is 0 Å². The number of aliphatic hydroxyl groups excluding tert-OH is 1. The summed E-state index contributed by atoms with van der Waals surface area (Å²) in [5, 5.41) is 87.9. The molecule has 646 valence electrons. The molecule has 0 aromatic heterocycles. The van der Waals surface area contributed by atoms with Crippen LogP contribution < -0.4 is 97.8 Å². The second kappa shape index (κ2) is 50.4. The standard InChI is InChI=1S/C69H107N19O27S/c1-6-32(4)55(68(113)88-23-9-11-45(88)65(110)86-54(31(2)3)66(111)81-40(18-21-51(96)97)61(106)87-56(33(5)89)67(112)84-44(69(114)115)27-53(100)101)85-50(95)29-76-58(103)37(10-7-8-22-70)79-60(105)39(17-20-47(73)92)80-62(107)41(24-34-12-14-35(90)15-13-34)82-63(108)42(25-48(74)93)83-64(109)43(26-52(98)99)77-49(94)28-75-59(104)38(16-19-46(72)91)78-57(102)36(71)30-116/h12-15,31-33,36-45,54-56,89-90,116H,6-11,16-30,70-71H2,1-5H3,(H2,72,91)(H2,73,92)(H2,74,93)(H,75,104)(H,76,103)(H,77,94)(H,78,102)(H,79,105)(H,80,107)(H,81,111)(H,82,108)(H,83,109)(H,84,112)(H,85,95)(H,86,110)(H,87,106)(H,96,97)(H,98,99)(H,100,101)(H,114,115)/t32-,33+,36-,37-,38-,39-,40-,41-,42-,43-,44-,45-,54-,55-,56-/m0/s1. The van der Waals surface area contributed by atoms with Gasteiger partial charge in [-0.3, -0.25) is 95.9 Å². The highest BCUT2D eigenvalue weighted by atomic mass is 32.1. The molecule has 1 aromatic carbocycles. The molecule has 0 aliphatic carbocycles. The number of benzene rings is 1. The smallest absolute Gasteiger partial charge is 0.326 e. The number of amides is 17. The molecule has 0 bridgehead atoms. The number of hydrogen-bond acceptors (Lipinski definition) is 26. The number of carbonyl (C=O) groups is 21. The first kappa shape index (κ1) is 100. The first-order valence-electron chi connectivity index (χ1n) is 36.8. The van der Waals surface area contributed by atoms with Gasteiger partial charge in [0.2, 0.25) is 100 Å². The minimum absolute atomic E-state index is 0.0227. The average Bonchev–Trinajstić information content (AvgIpc) is 1.63. The van der Waals surface area contributed by atoms with Gasteiger partial charge in [-0.25, -0.2) is 4.79 Å². The van der Waals surface area contributed by atoms with Crippen LogP contribution in [0.1, 0.15) is 136 Å². The Balaban J connectivity index is 2.45. The van der Waals surface area contributed by atoms with Crippen LogP contribution in [0.3, 0.4) is 0 Å². The lowest BCUT2D eigenvalue weighted by Gasteiger charge is -2.32. The largest absolute Gasteiger partial charge is 0.508 e. The maximum Gasteiger partial charge on any atom is 0.326 e. The van der Waals surface area contributed by atoms with Gasteiger partial charge in [0.1, 0.15) is 78.3 Å². The van der Waals surface area contributed by atoms with E-state index in [0.717, 1.165) is 11.8 Å². The number of primary amides is 3. The predicted molar refractivity (Wildman–Crippen MR) is 404 cm³/mol. The first-order chi connectivity index (χ1) is 54.3. The number of carboxylic acid groups (broad SMARTS) is 4. The number of nitrogens with one attached hydrogen (secondary N) is 13. The Morgan fingerprint density at radius 1 is 0.483 bits per heavy atom. The highest BCUT2D eigenvalue weighted by Crippen LogP contribution is 2.23. The molecule has 15 atom stereocenters. The van der Waals surface area contributed by atoms with E-state index in [1.807, 2.05) is 5.32 Å². The summed E-state index contributed by atoms with van der Waals surface area (Å²) >= 11 is 3.92. The van der Waals surface area contributed by atoms with E-state index in [1.54, 1.807) is 13.8 Å². The van der Waals surface area contributed by atoms with Gasteiger partial charge in [-0.1, -0.05) is 46.2 Å². The molecule has 1 saturated heterocycles. The summed E-state index contributed by atoms with van der Waals surface area (Å²) in [6.45, 7) is 5.44. The minimum Gasteiger partial charge on any atom is -0.508 e. The quantitative estimate of drug-likeness (QED) is 0.0213. The van der Waals surface area contributed by atoms with E-state index in [1.165, 1.54) is 38.1 Å². The molecule has 47 heteroatoms. The van der Waals surface area contributed by atoms with Gasteiger partial charge in [0.05, 0.1) is 44.5 Å². The number of aliphatic carboxylic acids is 4. The van der Waals surface area contributed by atoms with Gasteiger partial charge >= 0.3 is 23.9 Å². The SMILES string of the molecule is CC[C@H](C)[C@H](NC(=O)CNC(=O)[C@H](CCCCN)NC(=O)[C@H](CCC(N)=O)NC(=O)[C@H](Cc1ccc(O)cc1)NC(=O)[C@H](CC(N)=O)NC(=O)[C@H](CC(=O)O)NC(=O)CNC(=O)[C@H](CCC(N)=O)NC(=O)[C@@H](N)CS)C(=O)N1CCC[C@H]1C(=O)N[C@H](C(=O)N[C@@H](CCC(=O)O)C(=O)N[C@H](C(=O)N[C@@H](CC(=O)O)C(=O)O)[C@@H](C)O)C(C)C. The van der Waals surface area contributed by atoms with E-state index in [0.29, 0.717) is 0 Å². The maximum absolute atomic E-state index is 14.6. The molecule has 1 aliphatic heterocycles. The fraction of sp³-hybridized carbons (Fsp3) is 0.609. The lowest BCUT2D eigenvalue weighted by Crippen LogP contribution is -2.61. The summed E-state index contributed by atoms with van der Waals surface area (Å²) in [6.07, 6.45) is -8.32. The molecular formula is C69H107N19O27S. The highest BCUT2D eigenvalue weighted by Gasteiger charge is 2.43. The number of phenols is 1. The lowest BCUT2D eigenvalue weighted by atomic mass is 9.97. The molecule has 46 nitrogen and oxygen atoms in total. The molecule has 29 N–H and O–H groups in total. The number of thiol groups is 1. The van der Waals surface area contributed by atoms with Crippen LogP contribution in [0.4, 0.5) is 0 Å². The Bertz CT molecular complexity index is 3700. The predicted octanol–water partition coefficient (Wildman–Crippen LogP) is -9.73. The van der Waals surface area contributed by atoms with Crippen LogP contribution >= 0.6 is 12.6 Å². The van der Waals surface area contributed by atoms with Crippen molar-refractivity contribution in [2.75, 3.05) is 31.9 Å². The number of nitrogens with two attached hydrogens (primary N) is 5. The van der Waals surface area contributed by atoms with Gasteiger partial charge in [0.15, 0.2) is 0 Å². The number of carboxylic acids is 4. The first-order valence-corrected chi connectivity index (χ1v) is 37.4. The van der Waals surface area contributed by atoms with Crippen LogP contribution in [0.15, 0.2) is 24.3 Å². The molecule has 1 heterocycles. The molecule has 0 spiro atoms. The Labute approximate surface area is 669 Å². The average molecular weight is 1670 g/mol. The zero-order valence-electron chi connectivity index (χ0n) is 64.4. The van der Waals surface area contributed by atoms with Gasteiger partial charge in [0.25, 0.3) is 0 Å². The summed E-state index contributed by atoms with van der Waals surface area (Å²) in [4.78, 5) is 278. The number of rotatable bonds is 54. The molecule has 17 amide bonds. The maximum atomic E-state index is 14.6. The van der Waals surface area contributed by atoms with Gasteiger partial charge in [-0.05, 0) is 94.4 Å². The van der Waals surface area contributed by atoms with Crippen molar-refractivity contribution in [2.45, 2.75) is 222 Å². The summed E-state index contributed by atoms with van der Waals surface area (Å²) in [5.74, 6) is -27.2.